The van der Waals surface area contributed by atoms with Crippen LogP contribution in [0.1, 0.15) is 5.56 Å². The summed E-state index contributed by atoms with van der Waals surface area (Å²) in [6, 6.07) is 17.8. The topological polar surface area (TPSA) is 34.1 Å². The van der Waals surface area contributed by atoms with Crippen LogP contribution >= 0.6 is 0 Å². The van der Waals surface area contributed by atoms with Crippen molar-refractivity contribution in [2.24, 2.45) is 0 Å². The van der Waals surface area contributed by atoms with Crippen LogP contribution in [0.4, 0.5) is 0 Å². The van der Waals surface area contributed by atoms with Crippen molar-refractivity contribution in [1.29, 1.82) is 0 Å². The van der Waals surface area contributed by atoms with Crippen LogP contribution in [0, 0.1) is 0 Å². The van der Waals surface area contributed by atoms with E-state index in [1.54, 1.807) is 0 Å². The molecule has 0 N–H and O–H groups in total. The van der Waals surface area contributed by atoms with Crippen molar-refractivity contribution in [3.8, 4) is 0 Å². The highest BCUT2D eigenvalue weighted by Crippen LogP contribution is 2.30. The highest BCUT2D eigenvalue weighted by atomic mass is 32.2. The molecule has 0 heterocycles. The fourth-order valence-electron chi connectivity index (χ4n) is 2.52. The van der Waals surface area contributed by atoms with Gasteiger partial charge in [0.15, 0.2) is 9.84 Å². The van der Waals surface area contributed by atoms with E-state index in [0.29, 0.717) is 0 Å². The predicted octanol–water partition coefficient (Wildman–Crippen LogP) is 4.05. The molecule has 0 aliphatic heterocycles. The van der Waals surface area contributed by atoms with Gasteiger partial charge in [0.2, 0.25) is 0 Å². The van der Waals surface area contributed by atoms with Crippen LogP contribution in [0.25, 0.3) is 21.5 Å². The van der Waals surface area contributed by atoms with Crippen LogP contribution in [-0.4, -0.2) is 8.42 Å². The van der Waals surface area contributed by atoms with Crippen LogP contribution in [0.3, 0.4) is 0 Å². The summed E-state index contributed by atoms with van der Waals surface area (Å²) in [6.45, 7) is 3.40. The van der Waals surface area contributed by atoms with Crippen molar-refractivity contribution >= 4 is 31.4 Å². The van der Waals surface area contributed by atoms with Gasteiger partial charge < -0.3 is 0 Å². The lowest BCUT2D eigenvalue weighted by atomic mass is 9.98. The monoisotopic (exact) mass is 282 g/mol. The third-order valence-electron chi connectivity index (χ3n) is 3.48. The largest absolute Gasteiger partial charge is 0.224 e. The Kier molecular flexibility index (Phi) is 3.07. The Morgan fingerprint density at radius 1 is 0.900 bits per heavy atom. The maximum Gasteiger partial charge on any atom is 0.175 e. The first-order valence-corrected chi connectivity index (χ1v) is 8.07. The Labute approximate surface area is 118 Å². The zero-order valence-electron chi connectivity index (χ0n) is 10.9. The molecule has 0 spiro atoms. The fraction of sp³-hybridized carbons (Fsp3) is 0.0588. The first-order valence-electron chi connectivity index (χ1n) is 6.35. The van der Waals surface area contributed by atoms with Crippen molar-refractivity contribution in [2.75, 3.05) is 0 Å². The number of fused-ring (bicyclic) bond motifs is 2. The summed E-state index contributed by atoms with van der Waals surface area (Å²) in [5.41, 5.74) is 0.846. The smallest absolute Gasteiger partial charge is 0.175 e. The molecule has 0 unspecified atom stereocenters. The molecule has 0 saturated carbocycles. The van der Waals surface area contributed by atoms with Gasteiger partial charge in [-0.25, -0.2) is 8.42 Å². The summed E-state index contributed by atoms with van der Waals surface area (Å²) in [6.07, 6.45) is 0. The van der Waals surface area contributed by atoms with Gasteiger partial charge in [-0.1, -0.05) is 55.1 Å². The van der Waals surface area contributed by atoms with Gasteiger partial charge in [-0.2, -0.15) is 0 Å². The van der Waals surface area contributed by atoms with E-state index >= 15 is 0 Å². The molecular formula is C17H14O2S. The Morgan fingerprint density at radius 3 is 1.90 bits per heavy atom. The van der Waals surface area contributed by atoms with E-state index in [0.717, 1.165) is 32.5 Å². The van der Waals surface area contributed by atoms with Crippen molar-refractivity contribution < 1.29 is 8.42 Å². The van der Waals surface area contributed by atoms with Gasteiger partial charge in [0.1, 0.15) is 0 Å². The zero-order valence-corrected chi connectivity index (χ0v) is 11.7. The van der Waals surface area contributed by atoms with Gasteiger partial charge in [0.25, 0.3) is 0 Å². The second-order valence-electron chi connectivity index (χ2n) is 4.77. The summed E-state index contributed by atoms with van der Waals surface area (Å²) in [4.78, 5) is 0. The summed E-state index contributed by atoms with van der Waals surface area (Å²) < 4.78 is 23.9. The average molecular weight is 282 g/mol. The van der Waals surface area contributed by atoms with E-state index in [4.69, 9.17) is 0 Å². The number of benzene rings is 3. The predicted molar refractivity (Wildman–Crippen MR) is 84.3 cm³/mol. The molecule has 100 valence electrons. The van der Waals surface area contributed by atoms with Gasteiger partial charge in [0, 0.05) is 5.41 Å². The highest BCUT2D eigenvalue weighted by Gasteiger charge is 2.13. The first kappa shape index (κ1) is 12.9. The lowest BCUT2D eigenvalue weighted by Crippen LogP contribution is -2.01. The minimum atomic E-state index is -3.29. The van der Waals surface area contributed by atoms with E-state index in [-0.39, 0.29) is 5.75 Å². The first-order chi connectivity index (χ1) is 9.61. The van der Waals surface area contributed by atoms with Crippen molar-refractivity contribution in [3.63, 3.8) is 0 Å². The lowest BCUT2D eigenvalue weighted by molar-refractivity contribution is 0.604. The molecule has 20 heavy (non-hydrogen) atoms. The Bertz CT molecular complexity index is 855. The molecule has 0 atom stereocenters. The minimum absolute atomic E-state index is 0.0155. The summed E-state index contributed by atoms with van der Waals surface area (Å²) in [7, 11) is -3.29. The second kappa shape index (κ2) is 4.76. The van der Waals surface area contributed by atoms with E-state index in [1.807, 2.05) is 48.5 Å². The van der Waals surface area contributed by atoms with Crippen molar-refractivity contribution in [2.45, 2.75) is 5.75 Å². The molecule has 0 amide bonds. The number of sulfone groups is 1. The molecule has 0 radical (unpaired) electrons. The third-order valence-corrected chi connectivity index (χ3v) is 4.68. The molecule has 3 rings (SSSR count). The molecule has 3 aromatic carbocycles. The molecule has 0 saturated heterocycles. The van der Waals surface area contributed by atoms with Crippen molar-refractivity contribution in [3.05, 3.63) is 72.1 Å². The molecule has 0 aliphatic rings. The quantitative estimate of drug-likeness (QED) is 0.679. The molecule has 0 bridgehead atoms. The standard InChI is InChI=1S/C17H14O2S/c1-2-20(18,19)12-17-15-9-5-3-7-13(15)11-14-8-4-6-10-16(14)17/h2-11H,1,12H2. The van der Waals surface area contributed by atoms with Crippen LogP contribution in [0.5, 0.6) is 0 Å². The van der Waals surface area contributed by atoms with Gasteiger partial charge in [-0.3, -0.25) is 0 Å². The van der Waals surface area contributed by atoms with E-state index in [2.05, 4.69) is 12.6 Å². The third kappa shape index (κ3) is 2.21. The van der Waals surface area contributed by atoms with Crippen LogP contribution in [0.2, 0.25) is 0 Å². The molecule has 2 nitrogen and oxygen atoms in total. The summed E-state index contributed by atoms with van der Waals surface area (Å²) in [5.74, 6) is -0.0155. The van der Waals surface area contributed by atoms with Crippen LogP contribution in [-0.2, 0) is 15.6 Å². The molecule has 0 fully saturated rings. The summed E-state index contributed by atoms with van der Waals surface area (Å²) in [5, 5.41) is 5.11. The minimum Gasteiger partial charge on any atom is -0.224 e. The SMILES string of the molecule is C=CS(=O)(=O)Cc1c2ccccc2cc2ccccc12. The molecule has 0 aliphatic carbocycles. The Balaban J connectivity index is 2.42. The lowest BCUT2D eigenvalue weighted by Gasteiger charge is -2.10. The zero-order chi connectivity index (χ0) is 14.2. The number of rotatable bonds is 3. The maximum absolute atomic E-state index is 11.9. The van der Waals surface area contributed by atoms with E-state index in [9.17, 15) is 8.42 Å². The average Bonchev–Trinajstić information content (AvgIpc) is 2.47. The van der Waals surface area contributed by atoms with Gasteiger partial charge in [-0.15, -0.1) is 0 Å². The Morgan fingerprint density at radius 2 is 1.40 bits per heavy atom. The number of hydrogen-bond donors (Lipinski definition) is 0. The normalized spacial score (nSPS) is 11.8. The van der Waals surface area contributed by atoms with Crippen molar-refractivity contribution in [1.82, 2.24) is 0 Å². The van der Waals surface area contributed by atoms with Crippen LogP contribution in [0.15, 0.2) is 66.6 Å². The van der Waals surface area contributed by atoms with E-state index < -0.39 is 9.84 Å². The molecule has 3 aromatic rings. The molecular weight excluding hydrogens is 268 g/mol. The molecule has 3 heteroatoms. The summed E-state index contributed by atoms with van der Waals surface area (Å²) >= 11 is 0. The molecule has 0 aromatic heterocycles. The fourth-order valence-corrected chi connectivity index (χ4v) is 3.35. The van der Waals surface area contributed by atoms with Gasteiger partial charge >= 0.3 is 0 Å². The van der Waals surface area contributed by atoms with Gasteiger partial charge in [0.05, 0.1) is 5.75 Å². The number of hydrogen-bond acceptors (Lipinski definition) is 2. The van der Waals surface area contributed by atoms with Crippen LogP contribution < -0.4 is 0 Å². The Hall–Kier alpha value is -2.13. The second-order valence-corrected chi connectivity index (χ2v) is 6.72. The highest BCUT2D eigenvalue weighted by molar-refractivity contribution is 7.93. The maximum atomic E-state index is 11.9. The van der Waals surface area contributed by atoms with Gasteiger partial charge in [-0.05, 0) is 33.2 Å². The van der Waals surface area contributed by atoms with E-state index in [1.165, 1.54) is 0 Å².